The molecule has 116 valence electrons. The molecule has 0 aliphatic carbocycles. The minimum atomic E-state index is 0.0259. The Labute approximate surface area is 134 Å². The maximum Gasteiger partial charge on any atom is 0.166 e. The van der Waals surface area contributed by atoms with E-state index in [4.69, 9.17) is 12.2 Å². The van der Waals surface area contributed by atoms with E-state index in [-0.39, 0.29) is 5.54 Å². The Bertz CT molecular complexity index is 445. The summed E-state index contributed by atoms with van der Waals surface area (Å²) in [5.74, 6) is 0. The largest absolute Gasteiger partial charge is 0.360 e. The van der Waals surface area contributed by atoms with Crippen LogP contribution in [-0.4, -0.2) is 34.7 Å². The third-order valence-corrected chi connectivity index (χ3v) is 3.88. The van der Waals surface area contributed by atoms with Crippen molar-refractivity contribution in [1.29, 1.82) is 0 Å². The van der Waals surface area contributed by atoms with Gasteiger partial charge in [-0.05, 0) is 51.4 Å². The fourth-order valence-corrected chi connectivity index (χ4v) is 3.11. The lowest BCUT2D eigenvalue weighted by atomic mass is 10.0. The van der Waals surface area contributed by atoms with Crippen molar-refractivity contribution >= 4 is 17.3 Å². The molecule has 1 heterocycles. The maximum atomic E-state index is 5.38. The van der Waals surface area contributed by atoms with Crippen LogP contribution in [0.15, 0.2) is 30.3 Å². The van der Waals surface area contributed by atoms with E-state index in [2.05, 4.69) is 66.6 Å². The molecule has 21 heavy (non-hydrogen) atoms. The summed E-state index contributed by atoms with van der Waals surface area (Å²) in [5.41, 5.74) is 1.42. The Kier molecular flexibility index (Phi) is 5.59. The Hall–Kier alpha value is -1.13. The number of likely N-dealkylation sites (tertiary alicyclic amines) is 1. The summed E-state index contributed by atoms with van der Waals surface area (Å²) in [6, 6.07) is 11.2. The van der Waals surface area contributed by atoms with Gasteiger partial charge in [-0.15, -0.1) is 0 Å². The fraction of sp³-hybridized carbons (Fsp3) is 0.588. The van der Waals surface area contributed by atoms with Gasteiger partial charge in [-0.25, -0.2) is 0 Å². The van der Waals surface area contributed by atoms with E-state index in [1.54, 1.807) is 0 Å². The number of hydrogen-bond donors (Lipinski definition) is 2. The van der Waals surface area contributed by atoms with Gasteiger partial charge in [0, 0.05) is 31.2 Å². The molecule has 2 rings (SSSR count). The number of hydrogen-bond acceptors (Lipinski definition) is 2. The van der Waals surface area contributed by atoms with Crippen LogP contribution in [0.1, 0.15) is 39.2 Å². The Morgan fingerprint density at radius 3 is 2.38 bits per heavy atom. The van der Waals surface area contributed by atoms with Crippen molar-refractivity contribution in [3.8, 4) is 0 Å². The summed E-state index contributed by atoms with van der Waals surface area (Å²) in [6.07, 6.45) is 2.30. The first-order valence-electron chi connectivity index (χ1n) is 7.77. The van der Waals surface area contributed by atoms with Crippen LogP contribution in [0.3, 0.4) is 0 Å². The average Bonchev–Trinajstić information content (AvgIpc) is 2.40. The van der Waals surface area contributed by atoms with Crippen molar-refractivity contribution in [2.75, 3.05) is 13.1 Å². The Morgan fingerprint density at radius 1 is 1.19 bits per heavy atom. The molecule has 1 fully saturated rings. The quantitative estimate of drug-likeness (QED) is 0.840. The van der Waals surface area contributed by atoms with Gasteiger partial charge in [0.15, 0.2) is 5.11 Å². The summed E-state index contributed by atoms with van der Waals surface area (Å²) in [7, 11) is 0. The molecular formula is C17H27N3S. The van der Waals surface area contributed by atoms with Gasteiger partial charge in [-0.3, -0.25) is 4.90 Å². The van der Waals surface area contributed by atoms with E-state index < -0.39 is 0 Å². The molecule has 1 aliphatic heterocycles. The van der Waals surface area contributed by atoms with Crippen LogP contribution in [0.25, 0.3) is 0 Å². The zero-order valence-corrected chi connectivity index (χ0v) is 14.2. The van der Waals surface area contributed by atoms with E-state index in [1.165, 1.54) is 5.56 Å². The van der Waals surface area contributed by atoms with E-state index in [0.29, 0.717) is 6.04 Å². The highest BCUT2D eigenvalue weighted by molar-refractivity contribution is 7.80. The normalized spacial score (nSPS) is 17.5. The topological polar surface area (TPSA) is 27.3 Å². The summed E-state index contributed by atoms with van der Waals surface area (Å²) < 4.78 is 0. The van der Waals surface area contributed by atoms with Crippen LogP contribution in [-0.2, 0) is 6.54 Å². The predicted octanol–water partition coefficient (Wildman–Crippen LogP) is 2.91. The summed E-state index contributed by atoms with van der Waals surface area (Å²) in [4.78, 5) is 2.52. The lowest BCUT2D eigenvalue weighted by molar-refractivity contribution is 0.198. The van der Waals surface area contributed by atoms with E-state index in [9.17, 15) is 0 Å². The van der Waals surface area contributed by atoms with Gasteiger partial charge in [0.25, 0.3) is 0 Å². The SMILES string of the molecule is CC(C)(C)NC(=S)NC1CCN(Cc2ccccc2)CC1. The Balaban J connectivity index is 1.72. The van der Waals surface area contributed by atoms with E-state index in [1.807, 2.05) is 0 Å². The molecule has 1 aromatic carbocycles. The van der Waals surface area contributed by atoms with Crippen molar-refractivity contribution in [3.05, 3.63) is 35.9 Å². The van der Waals surface area contributed by atoms with Gasteiger partial charge in [-0.1, -0.05) is 30.3 Å². The summed E-state index contributed by atoms with van der Waals surface area (Å²) in [5, 5.41) is 7.56. The predicted molar refractivity (Wildman–Crippen MR) is 93.4 cm³/mol. The number of nitrogens with zero attached hydrogens (tertiary/aromatic N) is 1. The third-order valence-electron chi connectivity index (χ3n) is 3.66. The van der Waals surface area contributed by atoms with Crippen LogP contribution in [0.5, 0.6) is 0 Å². The molecule has 2 N–H and O–H groups in total. The molecule has 0 amide bonds. The summed E-state index contributed by atoms with van der Waals surface area (Å²) >= 11 is 5.38. The van der Waals surface area contributed by atoms with Gasteiger partial charge in [0.2, 0.25) is 0 Å². The van der Waals surface area contributed by atoms with Crippen LogP contribution in [0.4, 0.5) is 0 Å². The van der Waals surface area contributed by atoms with Gasteiger partial charge in [-0.2, -0.15) is 0 Å². The van der Waals surface area contributed by atoms with Gasteiger partial charge < -0.3 is 10.6 Å². The first kappa shape index (κ1) is 16.2. The average molecular weight is 305 g/mol. The second-order valence-corrected chi connectivity index (χ2v) is 7.29. The molecule has 0 spiro atoms. The van der Waals surface area contributed by atoms with Crippen molar-refractivity contribution in [1.82, 2.24) is 15.5 Å². The van der Waals surface area contributed by atoms with Crippen LogP contribution >= 0.6 is 12.2 Å². The number of rotatable bonds is 3. The number of thiocarbonyl (C=S) groups is 1. The van der Waals surface area contributed by atoms with Crippen molar-refractivity contribution in [3.63, 3.8) is 0 Å². The van der Waals surface area contributed by atoms with Gasteiger partial charge in [0.1, 0.15) is 0 Å². The molecule has 3 nitrogen and oxygen atoms in total. The van der Waals surface area contributed by atoms with E-state index >= 15 is 0 Å². The minimum Gasteiger partial charge on any atom is -0.360 e. The van der Waals surface area contributed by atoms with Crippen LogP contribution < -0.4 is 10.6 Å². The lowest BCUT2D eigenvalue weighted by Gasteiger charge is -2.34. The molecule has 0 atom stereocenters. The molecule has 1 aliphatic rings. The number of benzene rings is 1. The highest BCUT2D eigenvalue weighted by atomic mass is 32.1. The van der Waals surface area contributed by atoms with Crippen molar-refractivity contribution in [2.24, 2.45) is 0 Å². The van der Waals surface area contributed by atoms with E-state index in [0.717, 1.165) is 37.6 Å². The first-order valence-corrected chi connectivity index (χ1v) is 8.18. The molecular weight excluding hydrogens is 278 g/mol. The molecule has 0 radical (unpaired) electrons. The maximum absolute atomic E-state index is 5.38. The number of nitrogens with one attached hydrogen (secondary N) is 2. The second-order valence-electron chi connectivity index (χ2n) is 6.88. The zero-order valence-electron chi connectivity index (χ0n) is 13.4. The second kappa shape index (κ2) is 7.23. The zero-order chi connectivity index (χ0) is 15.3. The van der Waals surface area contributed by atoms with Crippen molar-refractivity contribution < 1.29 is 0 Å². The van der Waals surface area contributed by atoms with Gasteiger partial charge >= 0.3 is 0 Å². The molecule has 4 heteroatoms. The fourth-order valence-electron chi connectivity index (χ4n) is 2.64. The highest BCUT2D eigenvalue weighted by Crippen LogP contribution is 2.14. The molecule has 0 bridgehead atoms. The first-order chi connectivity index (χ1) is 9.92. The molecule has 0 unspecified atom stereocenters. The molecule has 1 aromatic rings. The third kappa shape index (κ3) is 6.02. The molecule has 0 saturated carbocycles. The van der Waals surface area contributed by atoms with Crippen LogP contribution in [0.2, 0.25) is 0 Å². The number of piperidine rings is 1. The Morgan fingerprint density at radius 2 is 1.81 bits per heavy atom. The molecule has 1 saturated heterocycles. The van der Waals surface area contributed by atoms with Crippen molar-refractivity contribution in [2.45, 2.75) is 51.7 Å². The monoisotopic (exact) mass is 305 g/mol. The van der Waals surface area contributed by atoms with Crippen LogP contribution in [0, 0.1) is 0 Å². The lowest BCUT2D eigenvalue weighted by Crippen LogP contribution is -2.51. The highest BCUT2D eigenvalue weighted by Gasteiger charge is 2.20. The smallest absolute Gasteiger partial charge is 0.166 e. The minimum absolute atomic E-state index is 0.0259. The standard InChI is InChI=1S/C17H27N3S/c1-17(2,3)19-16(21)18-15-9-11-20(12-10-15)13-14-7-5-4-6-8-14/h4-8,15H,9-13H2,1-3H3,(H2,18,19,21). The summed E-state index contributed by atoms with van der Waals surface area (Å²) in [6.45, 7) is 9.70. The van der Waals surface area contributed by atoms with Gasteiger partial charge in [0.05, 0.1) is 0 Å². The molecule has 0 aromatic heterocycles.